The number of ether oxygens (including phenoxy) is 1. The molecule has 15 heavy (non-hydrogen) atoms. The SMILES string of the molecule is CCO/C=C1\C(=O)c2ccccc2C1C. The van der Waals surface area contributed by atoms with E-state index in [-0.39, 0.29) is 11.7 Å². The van der Waals surface area contributed by atoms with Gasteiger partial charge in [-0.15, -0.1) is 0 Å². The summed E-state index contributed by atoms with van der Waals surface area (Å²) >= 11 is 0. The quantitative estimate of drug-likeness (QED) is 0.544. The monoisotopic (exact) mass is 202 g/mol. The number of carbonyl (C=O) groups excluding carboxylic acids is 1. The van der Waals surface area contributed by atoms with E-state index in [9.17, 15) is 4.79 Å². The first-order valence-electron chi connectivity index (χ1n) is 5.21. The summed E-state index contributed by atoms with van der Waals surface area (Å²) in [4.78, 5) is 12.0. The summed E-state index contributed by atoms with van der Waals surface area (Å²) in [6.45, 7) is 4.54. The van der Waals surface area contributed by atoms with Crippen LogP contribution in [0.25, 0.3) is 0 Å². The van der Waals surface area contributed by atoms with Gasteiger partial charge in [0.05, 0.1) is 12.9 Å². The zero-order valence-corrected chi connectivity index (χ0v) is 8.99. The fourth-order valence-electron chi connectivity index (χ4n) is 1.93. The molecule has 1 aromatic carbocycles. The molecule has 0 aliphatic heterocycles. The third-order valence-corrected chi connectivity index (χ3v) is 2.78. The minimum absolute atomic E-state index is 0.103. The number of fused-ring (bicyclic) bond motifs is 1. The molecule has 1 atom stereocenters. The van der Waals surface area contributed by atoms with Gasteiger partial charge < -0.3 is 4.74 Å². The van der Waals surface area contributed by atoms with Gasteiger partial charge in [-0.1, -0.05) is 31.2 Å². The van der Waals surface area contributed by atoms with E-state index in [1.165, 1.54) is 0 Å². The smallest absolute Gasteiger partial charge is 0.192 e. The number of benzene rings is 1. The Bertz CT molecular complexity index is 418. The fourth-order valence-corrected chi connectivity index (χ4v) is 1.93. The predicted molar refractivity (Wildman–Crippen MR) is 58.9 cm³/mol. The lowest BCUT2D eigenvalue weighted by atomic mass is 10.0. The van der Waals surface area contributed by atoms with Gasteiger partial charge in [0.2, 0.25) is 0 Å². The molecule has 0 bridgehead atoms. The van der Waals surface area contributed by atoms with Crippen LogP contribution in [0.3, 0.4) is 0 Å². The van der Waals surface area contributed by atoms with Crippen molar-refractivity contribution in [3.63, 3.8) is 0 Å². The summed E-state index contributed by atoms with van der Waals surface area (Å²) in [5, 5.41) is 0. The third-order valence-electron chi connectivity index (χ3n) is 2.78. The largest absolute Gasteiger partial charge is 0.501 e. The normalized spacial score (nSPS) is 21.9. The maximum absolute atomic E-state index is 12.0. The van der Waals surface area contributed by atoms with E-state index in [1.807, 2.05) is 38.1 Å². The molecular formula is C13H14O2. The van der Waals surface area contributed by atoms with Crippen LogP contribution < -0.4 is 0 Å². The zero-order valence-electron chi connectivity index (χ0n) is 8.99. The highest BCUT2D eigenvalue weighted by molar-refractivity contribution is 6.14. The summed E-state index contributed by atoms with van der Waals surface area (Å²) in [5.41, 5.74) is 2.68. The maximum atomic E-state index is 12.0. The molecule has 2 rings (SSSR count). The summed E-state index contributed by atoms with van der Waals surface area (Å²) in [6, 6.07) is 7.74. The van der Waals surface area contributed by atoms with Gasteiger partial charge in [-0.25, -0.2) is 0 Å². The van der Waals surface area contributed by atoms with Crippen LogP contribution in [0.4, 0.5) is 0 Å². The first-order chi connectivity index (χ1) is 7.25. The topological polar surface area (TPSA) is 26.3 Å². The fraction of sp³-hybridized carbons (Fsp3) is 0.308. The predicted octanol–water partition coefficient (Wildman–Crippen LogP) is 2.91. The molecule has 0 fully saturated rings. The second-order valence-electron chi connectivity index (χ2n) is 3.67. The molecule has 1 aromatic rings. The van der Waals surface area contributed by atoms with E-state index >= 15 is 0 Å². The first kappa shape index (κ1) is 9.97. The molecule has 0 amide bonds. The second-order valence-corrected chi connectivity index (χ2v) is 3.67. The molecule has 2 heteroatoms. The lowest BCUT2D eigenvalue weighted by Gasteiger charge is -2.04. The Balaban J connectivity index is 2.41. The Labute approximate surface area is 89.6 Å². The van der Waals surface area contributed by atoms with Crippen LogP contribution in [0.1, 0.15) is 35.7 Å². The average Bonchev–Trinajstić information content (AvgIpc) is 2.51. The van der Waals surface area contributed by atoms with Gasteiger partial charge in [-0.05, 0) is 12.5 Å². The number of ketones is 1. The van der Waals surface area contributed by atoms with Crippen LogP contribution in [-0.2, 0) is 4.74 Å². The van der Waals surface area contributed by atoms with Crippen molar-refractivity contribution in [2.45, 2.75) is 19.8 Å². The van der Waals surface area contributed by atoms with E-state index in [0.29, 0.717) is 6.61 Å². The molecule has 0 heterocycles. The molecule has 0 saturated carbocycles. The van der Waals surface area contributed by atoms with E-state index < -0.39 is 0 Å². The highest BCUT2D eigenvalue weighted by Crippen LogP contribution is 2.36. The van der Waals surface area contributed by atoms with Crippen molar-refractivity contribution < 1.29 is 9.53 Å². The highest BCUT2D eigenvalue weighted by atomic mass is 16.5. The Kier molecular flexibility index (Phi) is 2.58. The van der Waals surface area contributed by atoms with Gasteiger partial charge in [-0.3, -0.25) is 4.79 Å². The van der Waals surface area contributed by atoms with Gasteiger partial charge in [0.25, 0.3) is 0 Å². The first-order valence-corrected chi connectivity index (χ1v) is 5.21. The molecule has 78 valence electrons. The molecule has 0 radical (unpaired) electrons. The van der Waals surface area contributed by atoms with Crippen molar-refractivity contribution in [1.29, 1.82) is 0 Å². The second kappa shape index (κ2) is 3.89. The summed E-state index contributed by atoms with van der Waals surface area (Å²) in [7, 11) is 0. The lowest BCUT2D eigenvalue weighted by Crippen LogP contribution is -1.98. The van der Waals surface area contributed by atoms with Crippen molar-refractivity contribution in [2.75, 3.05) is 6.61 Å². The number of allylic oxidation sites excluding steroid dienone is 1. The number of Topliss-reactive ketones (excluding diaryl/α,β-unsaturated/α-hetero) is 1. The third kappa shape index (κ3) is 1.56. The Hall–Kier alpha value is -1.57. The molecule has 0 aromatic heterocycles. The van der Waals surface area contributed by atoms with E-state index in [4.69, 9.17) is 4.74 Å². The standard InChI is InChI=1S/C13H14O2/c1-3-15-8-12-9(2)10-6-4-5-7-11(10)13(12)14/h4-9H,3H2,1-2H3/b12-8-. The van der Waals surface area contributed by atoms with E-state index in [1.54, 1.807) is 6.26 Å². The molecule has 0 saturated heterocycles. The van der Waals surface area contributed by atoms with Crippen molar-refractivity contribution in [1.82, 2.24) is 0 Å². The lowest BCUT2D eigenvalue weighted by molar-refractivity contribution is 0.103. The van der Waals surface area contributed by atoms with Crippen molar-refractivity contribution in [2.24, 2.45) is 0 Å². The molecule has 2 nitrogen and oxygen atoms in total. The van der Waals surface area contributed by atoms with Crippen molar-refractivity contribution in [3.05, 3.63) is 47.2 Å². The molecule has 0 N–H and O–H groups in total. The van der Waals surface area contributed by atoms with Crippen molar-refractivity contribution in [3.8, 4) is 0 Å². The number of hydrogen-bond donors (Lipinski definition) is 0. The van der Waals surface area contributed by atoms with Gasteiger partial charge in [0, 0.05) is 17.1 Å². The van der Waals surface area contributed by atoms with Crippen LogP contribution in [0.15, 0.2) is 36.1 Å². The van der Waals surface area contributed by atoms with Gasteiger partial charge in [0.15, 0.2) is 5.78 Å². The maximum Gasteiger partial charge on any atom is 0.192 e. The zero-order chi connectivity index (χ0) is 10.8. The molecule has 0 spiro atoms. The van der Waals surface area contributed by atoms with Crippen LogP contribution >= 0.6 is 0 Å². The minimum Gasteiger partial charge on any atom is -0.501 e. The number of rotatable bonds is 2. The van der Waals surface area contributed by atoms with Crippen LogP contribution in [-0.4, -0.2) is 12.4 Å². The molecule has 1 aliphatic carbocycles. The summed E-state index contributed by atoms with van der Waals surface area (Å²) < 4.78 is 5.21. The van der Waals surface area contributed by atoms with E-state index in [2.05, 4.69) is 0 Å². The summed E-state index contributed by atoms with van der Waals surface area (Å²) in [6.07, 6.45) is 1.60. The van der Waals surface area contributed by atoms with Crippen LogP contribution in [0.5, 0.6) is 0 Å². The number of hydrogen-bond acceptors (Lipinski definition) is 2. The average molecular weight is 202 g/mol. The van der Waals surface area contributed by atoms with Crippen molar-refractivity contribution >= 4 is 5.78 Å². The molecular weight excluding hydrogens is 188 g/mol. The van der Waals surface area contributed by atoms with Crippen LogP contribution in [0, 0.1) is 0 Å². The van der Waals surface area contributed by atoms with Gasteiger partial charge in [0.1, 0.15) is 0 Å². The highest BCUT2D eigenvalue weighted by Gasteiger charge is 2.31. The molecule has 1 unspecified atom stereocenters. The van der Waals surface area contributed by atoms with Gasteiger partial charge in [-0.2, -0.15) is 0 Å². The minimum atomic E-state index is 0.103. The Morgan fingerprint density at radius 1 is 1.40 bits per heavy atom. The van der Waals surface area contributed by atoms with Crippen LogP contribution in [0.2, 0.25) is 0 Å². The number of carbonyl (C=O) groups is 1. The molecule has 1 aliphatic rings. The van der Waals surface area contributed by atoms with E-state index in [0.717, 1.165) is 16.7 Å². The summed E-state index contributed by atoms with van der Waals surface area (Å²) in [5.74, 6) is 0.256. The Morgan fingerprint density at radius 3 is 2.80 bits per heavy atom. The Morgan fingerprint density at radius 2 is 2.13 bits per heavy atom. The van der Waals surface area contributed by atoms with Gasteiger partial charge >= 0.3 is 0 Å².